The molecule has 1 rings (SSSR count). The third kappa shape index (κ3) is 12.6. The monoisotopic (exact) mass is 364 g/mol. The second-order valence-electron chi connectivity index (χ2n) is 6.63. The van der Waals surface area contributed by atoms with E-state index < -0.39 is 0 Å². The number of halogens is 1. The van der Waals surface area contributed by atoms with Crippen LogP contribution in [0, 0.1) is 0 Å². The molecule has 0 bridgehead atoms. The molecule has 1 aromatic carbocycles. The van der Waals surface area contributed by atoms with Gasteiger partial charge in [-0.2, -0.15) is 5.10 Å². The number of unbranched alkanes of at least 4 members (excludes halogenated alkanes) is 10. The van der Waals surface area contributed by atoms with E-state index in [1.165, 1.54) is 57.8 Å². The molecule has 0 saturated carbocycles. The summed E-state index contributed by atoms with van der Waals surface area (Å²) >= 11 is 5.82. The second kappa shape index (κ2) is 14.9. The number of carbonyl (C=O) groups is 1. The molecule has 4 heteroatoms. The Morgan fingerprint density at radius 3 is 2.00 bits per heavy atom. The normalized spacial score (nSPS) is 11.1. The van der Waals surface area contributed by atoms with Crippen LogP contribution < -0.4 is 5.43 Å². The Morgan fingerprint density at radius 1 is 0.920 bits per heavy atom. The molecule has 0 aliphatic heterocycles. The summed E-state index contributed by atoms with van der Waals surface area (Å²) < 4.78 is 0. The Kier molecular flexibility index (Phi) is 13.0. The number of amides is 1. The highest BCUT2D eigenvalue weighted by Gasteiger charge is 1.99. The zero-order valence-corrected chi connectivity index (χ0v) is 16.4. The van der Waals surface area contributed by atoms with E-state index in [9.17, 15) is 4.79 Å². The predicted molar refractivity (Wildman–Crippen MR) is 108 cm³/mol. The van der Waals surface area contributed by atoms with E-state index in [2.05, 4.69) is 17.5 Å². The smallest absolute Gasteiger partial charge is 0.240 e. The molecule has 1 N–H and O–H groups in total. The maximum atomic E-state index is 11.7. The van der Waals surface area contributed by atoms with Crippen molar-refractivity contribution in [3.8, 4) is 0 Å². The van der Waals surface area contributed by atoms with Gasteiger partial charge in [-0.15, -0.1) is 0 Å². The Morgan fingerprint density at radius 2 is 1.44 bits per heavy atom. The number of hydrogen-bond acceptors (Lipinski definition) is 2. The molecule has 0 fully saturated rings. The van der Waals surface area contributed by atoms with E-state index in [1.54, 1.807) is 18.3 Å². The Labute approximate surface area is 158 Å². The number of nitrogens with zero attached hydrogens (tertiary/aromatic N) is 1. The zero-order valence-electron chi connectivity index (χ0n) is 15.6. The van der Waals surface area contributed by atoms with Gasteiger partial charge in [-0.25, -0.2) is 5.43 Å². The van der Waals surface area contributed by atoms with Gasteiger partial charge in [0.05, 0.1) is 6.21 Å². The van der Waals surface area contributed by atoms with Crippen LogP contribution in [0.25, 0.3) is 0 Å². The van der Waals surface area contributed by atoms with Crippen LogP contribution in [0.3, 0.4) is 0 Å². The van der Waals surface area contributed by atoms with Crippen LogP contribution in [0.1, 0.15) is 89.5 Å². The summed E-state index contributed by atoms with van der Waals surface area (Å²) in [6.07, 6.45) is 16.4. The zero-order chi connectivity index (χ0) is 18.2. The van der Waals surface area contributed by atoms with E-state index in [0.29, 0.717) is 11.4 Å². The number of hydrazone groups is 1. The molecule has 0 spiro atoms. The standard InChI is InChI=1S/C21H33ClN2O/c1-2-3-4-5-6-7-8-9-10-11-12-13-21(25)24-23-18-19-14-16-20(22)17-15-19/h14-18H,2-13H2,1H3,(H,24,25)/b23-18+. The number of carbonyl (C=O) groups excluding carboxylic acids is 1. The van der Waals surface area contributed by atoms with E-state index in [4.69, 9.17) is 11.6 Å². The van der Waals surface area contributed by atoms with Crippen molar-refractivity contribution in [2.75, 3.05) is 0 Å². The van der Waals surface area contributed by atoms with Gasteiger partial charge in [0.1, 0.15) is 0 Å². The third-order valence-electron chi connectivity index (χ3n) is 4.28. The van der Waals surface area contributed by atoms with Crippen molar-refractivity contribution < 1.29 is 4.79 Å². The lowest BCUT2D eigenvalue weighted by Crippen LogP contribution is -2.16. The highest BCUT2D eigenvalue weighted by molar-refractivity contribution is 6.30. The van der Waals surface area contributed by atoms with Gasteiger partial charge < -0.3 is 0 Å². The Balaban J connectivity index is 1.92. The molecule has 25 heavy (non-hydrogen) atoms. The first-order valence-corrected chi connectivity index (χ1v) is 10.2. The molecule has 0 unspecified atom stereocenters. The lowest BCUT2D eigenvalue weighted by Gasteiger charge is -2.02. The average Bonchev–Trinajstić information content (AvgIpc) is 2.61. The molecular weight excluding hydrogens is 332 g/mol. The fraction of sp³-hybridized carbons (Fsp3) is 0.619. The molecule has 140 valence electrons. The van der Waals surface area contributed by atoms with Crippen LogP contribution in [0.4, 0.5) is 0 Å². The molecule has 0 aliphatic carbocycles. The highest BCUT2D eigenvalue weighted by atomic mass is 35.5. The molecule has 0 aromatic heterocycles. The first-order chi connectivity index (χ1) is 12.2. The summed E-state index contributed by atoms with van der Waals surface area (Å²) in [5.41, 5.74) is 3.49. The maximum absolute atomic E-state index is 11.7. The number of hydrogen-bond donors (Lipinski definition) is 1. The fourth-order valence-electron chi connectivity index (χ4n) is 2.73. The van der Waals surface area contributed by atoms with E-state index in [0.717, 1.165) is 18.4 Å². The van der Waals surface area contributed by atoms with E-state index in [-0.39, 0.29) is 5.91 Å². The molecule has 1 amide bonds. The van der Waals surface area contributed by atoms with Crippen molar-refractivity contribution >= 4 is 23.7 Å². The summed E-state index contributed by atoms with van der Waals surface area (Å²) in [7, 11) is 0. The topological polar surface area (TPSA) is 41.5 Å². The molecule has 0 radical (unpaired) electrons. The Hall–Kier alpha value is -1.35. The van der Waals surface area contributed by atoms with Crippen molar-refractivity contribution in [1.29, 1.82) is 0 Å². The molecule has 0 atom stereocenters. The van der Waals surface area contributed by atoms with Crippen molar-refractivity contribution in [2.24, 2.45) is 5.10 Å². The van der Waals surface area contributed by atoms with Crippen molar-refractivity contribution in [3.05, 3.63) is 34.9 Å². The van der Waals surface area contributed by atoms with Gasteiger partial charge in [0.25, 0.3) is 0 Å². The van der Waals surface area contributed by atoms with E-state index >= 15 is 0 Å². The quantitative estimate of drug-likeness (QED) is 0.229. The number of rotatable bonds is 14. The minimum Gasteiger partial charge on any atom is -0.273 e. The van der Waals surface area contributed by atoms with Gasteiger partial charge in [-0.1, -0.05) is 94.9 Å². The van der Waals surface area contributed by atoms with Gasteiger partial charge in [-0.05, 0) is 24.1 Å². The number of nitrogens with one attached hydrogen (secondary N) is 1. The van der Waals surface area contributed by atoms with Crippen LogP contribution in [0.5, 0.6) is 0 Å². The number of benzene rings is 1. The molecule has 0 aliphatic rings. The van der Waals surface area contributed by atoms with Crippen LogP contribution in [0.15, 0.2) is 29.4 Å². The lowest BCUT2D eigenvalue weighted by molar-refractivity contribution is -0.121. The van der Waals surface area contributed by atoms with Gasteiger partial charge in [-0.3, -0.25) is 4.79 Å². The molecule has 1 aromatic rings. The third-order valence-corrected chi connectivity index (χ3v) is 4.53. The van der Waals surface area contributed by atoms with Crippen molar-refractivity contribution in [1.82, 2.24) is 5.43 Å². The van der Waals surface area contributed by atoms with Gasteiger partial charge in [0.2, 0.25) is 5.91 Å². The van der Waals surface area contributed by atoms with Crippen LogP contribution in [-0.2, 0) is 4.79 Å². The van der Waals surface area contributed by atoms with Crippen molar-refractivity contribution in [3.63, 3.8) is 0 Å². The summed E-state index contributed by atoms with van der Waals surface area (Å²) in [5, 5.41) is 4.67. The maximum Gasteiger partial charge on any atom is 0.240 e. The first-order valence-electron chi connectivity index (χ1n) is 9.80. The molecule has 0 heterocycles. The largest absolute Gasteiger partial charge is 0.273 e. The molecule has 0 saturated heterocycles. The summed E-state index contributed by atoms with van der Waals surface area (Å²) in [6, 6.07) is 7.33. The van der Waals surface area contributed by atoms with Gasteiger partial charge in [0.15, 0.2) is 0 Å². The van der Waals surface area contributed by atoms with Gasteiger partial charge in [0, 0.05) is 11.4 Å². The molecular formula is C21H33ClN2O. The Bertz CT molecular complexity index is 485. The van der Waals surface area contributed by atoms with Gasteiger partial charge >= 0.3 is 0 Å². The highest BCUT2D eigenvalue weighted by Crippen LogP contribution is 2.12. The minimum absolute atomic E-state index is 0.0128. The fourth-order valence-corrected chi connectivity index (χ4v) is 2.86. The molecule has 3 nitrogen and oxygen atoms in total. The van der Waals surface area contributed by atoms with Crippen molar-refractivity contribution in [2.45, 2.75) is 84.0 Å². The minimum atomic E-state index is -0.0128. The van der Waals surface area contributed by atoms with Crippen LogP contribution in [0.2, 0.25) is 5.02 Å². The second-order valence-corrected chi connectivity index (χ2v) is 7.07. The summed E-state index contributed by atoms with van der Waals surface area (Å²) in [4.78, 5) is 11.7. The van der Waals surface area contributed by atoms with E-state index in [1.807, 2.05) is 12.1 Å². The summed E-state index contributed by atoms with van der Waals surface area (Å²) in [6.45, 7) is 2.26. The summed E-state index contributed by atoms with van der Waals surface area (Å²) in [5.74, 6) is -0.0128. The SMILES string of the molecule is CCCCCCCCCCCCCC(=O)N/N=C/c1ccc(Cl)cc1. The van der Waals surface area contributed by atoms with Crippen LogP contribution >= 0.6 is 11.6 Å². The first kappa shape index (κ1) is 21.7. The average molecular weight is 365 g/mol. The predicted octanol–water partition coefficient (Wildman–Crippen LogP) is 6.49. The lowest BCUT2D eigenvalue weighted by atomic mass is 10.1. The van der Waals surface area contributed by atoms with Crippen LogP contribution in [-0.4, -0.2) is 12.1 Å².